The van der Waals surface area contributed by atoms with E-state index in [4.69, 9.17) is 5.11 Å². The summed E-state index contributed by atoms with van der Waals surface area (Å²) in [6.07, 6.45) is 0. The van der Waals surface area contributed by atoms with E-state index in [0.29, 0.717) is 0 Å². The van der Waals surface area contributed by atoms with Crippen molar-refractivity contribution in [1.29, 1.82) is 0 Å². The molecule has 56 valence electrons. The first kappa shape index (κ1) is 6.28. The van der Waals surface area contributed by atoms with Crippen molar-refractivity contribution < 1.29 is 5.11 Å². The lowest BCUT2D eigenvalue weighted by atomic mass is 10.2. The van der Waals surface area contributed by atoms with Crippen molar-refractivity contribution in [2.45, 2.75) is 6.92 Å². The van der Waals surface area contributed by atoms with Crippen LogP contribution in [0.15, 0.2) is 24.3 Å². The summed E-state index contributed by atoms with van der Waals surface area (Å²) in [7, 11) is 0. The van der Waals surface area contributed by atoms with E-state index in [1.807, 2.05) is 25.1 Å². The lowest BCUT2D eigenvalue weighted by Gasteiger charge is -1.90. The molecule has 1 aromatic heterocycles. The zero-order valence-corrected chi connectivity index (χ0v) is 6.26. The van der Waals surface area contributed by atoms with Gasteiger partial charge in [0.25, 0.3) is 0 Å². The van der Waals surface area contributed by atoms with E-state index in [2.05, 4.69) is 4.98 Å². The Morgan fingerprint density at radius 3 is 2.91 bits per heavy atom. The molecule has 11 heavy (non-hydrogen) atoms. The average molecular weight is 147 g/mol. The van der Waals surface area contributed by atoms with Gasteiger partial charge in [-0.3, -0.25) is 0 Å². The standard InChI is InChI=1S/C9H9NO/c1-6-2-3-8-7(4-6)5-9(11)10-8/h2-5,10-11H,1H3. The Hall–Kier alpha value is -1.44. The predicted octanol–water partition coefficient (Wildman–Crippen LogP) is 2.18. The number of benzene rings is 1. The quantitative estimate of drug-likeness (QED) is 0.588. The molecule has 2 aromatic rings. The number of aromatic nitrogens is 1. The van der Waals surface area contributed by atoms with Crippen LogP contribution in [-0.4, -0.2) is 10.1 Å². The minimum Gasteiger partial charge on any atom is -0.495 e. The number of rotatable bonds is 0. The molecule has 0 amide bonds. The van der Waals surface area contributed by atoms with Gasteiger partial charge in [-0.1, -0.05) is 11.6 Å². The van der Waals surface area contributed by atoms with E-state index in [0.717, 1.165) is 10.9 Å². The van der Waals surface area contributed by atoms with E-state index in [-0.39, 0.29) is 5.88 Å². The topological polar surface area (TPSA) is 36.0 Å². The Morgan fingerprint density at radius 2 is 2.09 bits per heavy atom. The molecule has 1 heterocycles. The fourth-order valence-corrected chi connectivity index (χ4v) is 1.24. The number of nitrogens with one attached hydrogen (secondary N) is 1. The third-order valence-electron chi connectivity index (χ3n) is 1.76. The number of hydrogen-bond acceptors (Lipinski definition) is 1. The predicted molar refractivity (Wildman–Crippen MR) is 44.7 cm³/mol. The highest BCUT2D eigenvalue weighted by Crippen LogP contribution is 2.19. The first-order chi connectivity index (χ1) is 5.25. The highest BCUT2D eigenvalue weighted by Gasteiger charge is 1.96. The fourth-order valence-electron chi connectivity index (χ4n) is 1.24. The molecule has 0 aliphatic carbocycles. The molecule has 0 bridgehead atoms. The second kappa shape index (κ2) is 2.02. The van der Waals surface area contributed by atoms with E-state index < -0.39 is 0 Å². The maximum Gasteiger partial charge on any atom is 0.189 e. The van der Waals surface area contributed by atoms with Gasteiger partial charge in [0.2, 0.25) is 0 Å². The van der Waals surface area contributed by atoms with Crippen molar-refractivity contribution in [2.75, 3.05) is 0 Å². The molecule has 2 rings (SSSR count). The van der Waals surface area contributed by atoms with Crippen LogP contribution in [0.3, 0.4) is 0 Å². The summed E-state index contributed by atoms with van der Waals surface area (Å²) in [5.74, 6) is 0.227. The van der Waals surface area contributed by atoms with Gasteiger partial charge in [-0.25, -0.2) is 0 Å². The van der Waals surface area contributed by atoms with Crippen LogP contribution in [0.5, 0.6) is 5.88 Å². The first-order valence-electron chi connectivity index (χ1n) is 3.54. The van der Waals surface area contributed by atoms with Crippen LogP contribution in [0.1, 0.15) is 5.56 Å². The Morgan fingerprint density at radius 1 is 1.27 bits per heavy atom. The summed E-state index contributed by atoms with van der Waals surface area (Å²) in [5, 5.41) is 10.1. The van der Waals surface area contributed by atoms with Crippen molar-refractivity contribution in [3.05, 3.63) is 29.8 Å². The van der Waals surface area contributed by atoms with Gasteiger partial charge in [0.15, 0.2) is 5.88 Å². The third kappa shape index (κ3) is 0.963. The SMILES string of the molecule is Cc1ccc2[nH]c(O)cc2c1. The number of fused-ring (bicyclic) bond motifs is 1. The van der Waals surface area contributed by atoms with Crippen molar-refractivity contribution in [1.82, 2.24) is 4.98 Å². The van der Waals surface area contributed by atoms with Gasteiger partial charge in [0, 0.05) is 17.0 Å². The van der Waals surface area contributed by atoms with Crippen LogP contribution < -0.4 is 0 Å². The lowest BCUT2D eigenvalue weighted by Crippen LogP contribution is -1.69. The fraction of sp³-hybridized carbons (Fsp3) is 0.111. The molecular weight excluding hydrogens is 138 g/mol. The highest BCUT2D eigenvalue weighted by atomic mass is 16.3. The van der Waals surface area contributed by atoms with Crippen LogP contribution in [0.2, 0.25) is 0 Å². The van der Waals surface area contributed by atoms with Crippen molar-refractivity contribution in [2.24, 2.45) is 0 Å². The number of aromatic hydroxyl groups is 1. The van der Waals surface area contributed by atoms with Gasteiger partial charge in [0.1, 0.15) is 0 Å². The summed E-state index contributed by atoms with van der Waals surface area (Å²) < 4.78 is 0. The third-order valence-corrected chi connectivity index (χ3v) is 1.76. The van der Waals surface area contributed by atoms with Gasteiger partial charge in [-0.05, 0) is 19.1 Å². The molecule has 2 nitrogen and oxygen atoms in total. The molecule has 0 aliphatic heterocycles. The van der Waals surface area contributed by atoms with Crippen LogP contribution in [0, 0.1) is 6.92 Å². The highest BCUT2D eigenvalue weighted by molar-refractivity contribution is 5.81. The van der Waals surface area contributed by atoms with E-state index >= 15 is 0 Å². The van der Waals surface area contributed by atoms with Gasteiger partial charge in [-0.15, -0.1) is 0 Å². The minimum absolute atomic E-state index is 0.227. The zero-order chi connectivity index (χ0) is 7.84. The van der Waals surface area contributed by atoms with E-state index in [1.54, 1.807) is 6.07 Å². The number of H-pyrrole nitrogens is 1. The molecule has 0 spiro atoms. The molecule has 2 heteroatoms. The molecule has 1 aromatic carbocycles. The molecule has 2 N–H and O–H groups in total. The van der Waals surface area contributed by atoms with Crippen LogP contribution in [-0.2, 0) is 0 Å². The number of aryl methyl sites for hydroxylation is 1. The second-order valence-electron chi connectivity index (χ2n) is 2.75. The molecule has 0 radical (unpaired) electrons. The van der Waals surface area contributed by atoms with Crippen LogP contribution >= 0.6 is 0 Å². The molecule has 0 atom stereocenters. The van der Waals surface area contributed by atoms with Gasteiger partial charge >= 0.3 is 0 Å². The van der Waals surface area contributed by atoms with Crippen LogP contribution in [0.25, 0.3) is 10.9 Å². The second-order valence-corrected chi connectivity index (χ2v) is 2.75. The molecule has 0 saturated heterocycles. The van der Waals surface area contributed by atoms with E-state index in [9.17, 15) is 0 Å². The number of aromatic amines is 1. The summed E-state index contributed by atoms with van der Waals surface area (Å²) >= 11 is 0. The maximum atomic E-state index is 9.09. The first-order valence-corrected chi connectivity index (χ1v) is 3.54. The lowest BCUT2D eigenvalue weighted by molar-refractivity contribution is 0.458. The number of hydrogen-bond donors (Lipinski definition) is 2. The summed E-state index contributed by atoms with van der Waals surface area (Å²) in [5.41, 5.74) is 2.18. The zero-order valence-electron chi connectivity index (χ0n) is 6.26. The Bertz CT molecular complexity index is 389. The van der Waals surface area contributed by atoms with Gasteiger partial charge in [-0.2, -0.15) is 0 Å². The van der Waals surface area contributed by atoms with Crippen molar-refractivity contribution in [3.8, 4) is 5.88 Å². The van der Waals surface area contributed by atoms with Gasteiger partial charge in [0.05, 0.1) is 0 Å². The largest absolute Gasteiger partial charge is 0.495 e. The Balaban J connectivity index is 2.82. The summed E-state index contributed by atoms with van der Waals surface area (Å²) in [6, 6.07) is 7.73. The maximum absolute atomic E-state index is 9.09. The monoisotopic (exact) mass is 147 g/mol. The average Bonchev–Trinajstić information content (AvgIpc) is 2.27. The Kier molecular flexibility index (Phi) is 1.15. The molecule has 0 saturated carbocycles. The van der Waals surface area contributed by atoms with Crippen molar-refractivity contribution >= 4 is 10.9 Å². The van der Waals surface area contributed by atoms with E-state index in [1.165, 1.54) is 5.56 Å². The molecular formula is C9H9NO. The minimum atomic E-state index is 0.227. The van der Waals surface area contributed by atoms with Crippen LogP contribution in [0.4, 0.5) is 0 Å². The summed E-state index contributed by atoms with van der Waals surface area (Å²) in [6.45, 7) is 2.03. The normalized spacial score (nSPS) is 10.6. The molecule has 0 fully saturated rings. The smallest absolute Gasteiger partial charge is 0.189 e. The van der Waals surface area contributed by atoms with Crippen molar-refractivity contribution in [3.63, 3.8) is 0 Å². The molecule has 0 aliphatic rings. The molecule has 0 unspecified atom stereocenters. The van der Waals surface area contributed by atoms with Gasteiger partial charge < -0.3 is 10.1 Å². The summed E-state index contributed by atoms with van der Waals surface area (Å²) in [4.78, 5) is 2.84. The Labute approximate surface area is 64.5 Å².